The van der Waals surface area contributed by atoms with E-state index in [0.29, 0.717) is 6.42 Å². The summed E-state index contributed by atoms with van der Waals surface area (Å²) in [5.41, 5.74) is -0.815. The molecule has 0 heterocycles. The van der Waals surface area contributed by atoms with E-state index >= 15 is 0 Å². The first-order chi connectivity index (χ1) is 10.8. The molecule has 0 spiro atoms. The summed E-state index contributed by atoms with van der Waals surface area (Å²) in [6.07, 6.45) is 4.51. The number of carbonyl (C=O) groups is 2. The second kappa shape index (κ2) is 6.62. The van der Waals surface area contributed by atoms with Gasteiger partial charge in [-0.3, -0.25) is 4.79 Å². The van der Waals surface area contributed by atoms with Gasteiger partial charge in [-0.15, -0.1) is 0 Å². The fourth-order valence-electron chi connectivity index (χ4n) is 2.21. The summed E-state index contributed by atoms with van der Waals surface area (Å²) in [5.74, 6) is -2.79. The Kier molecular flexibility index (Phi) is 5.00. The number of ether oxygens (including phenoxy) is 1. The van der Waals surface area contributed by atoms with Crippen molar-refractivity contribution < 1.29 is 23.1 Å². The van der Waals surface area contributed by atoms with Gasteiger partial charge in [0.05, 0.1) is 11.1 Å². The fraction of sp³-hybridized carbons (Fsp3) is 0.294. The number of carbonyl (C=O) groups excluding carboxylic acids is 2. The van der Waals surface area contributed by atoms with Gasteiger partial charge in [-0.25, -0.2) is 13.6 Å². The molecule has 1 aromatic carbocycles. The zero-order valence-corrected chi connectivity index (χ0v) is 13.4. The molecule has 1 atom stereocenters. The van der Waals surface area contributed by atoms with E-state index in [1.165, 1.54) is 0 Å². The number of allylic oxidation sites excluding steroid dienone is 3. The van der Waals surface area contributed by atoms with Crippen LogP contribution in [-0.2, 0) is 9.53 Å². The van der Waals surface area contributed by atoms with E-state index in [9.17, 15) is 18.4 Å². The lowest BCUT2D eigenvalue weighted by Crippen LogP contribution is -2.20. The number of rotatable bonds is 4. The summed E-state index contributed by atoms with van der Waals surface area (Å²) in [6.45, 7) is 3.87. The standard InChI is InChI=1S/C17H15ClF2O3/c1-3-17(2)7-6-11(15(18)21)14(9-17)23-16(22)12-8-10(19)4-5-13(12)20/h4-6,8-9H,3,7H2,1-2H3. The lowest BCUT2D eigenvalue weighted by molar-refractivity contribution is -0.108. The van der Waals surface area contributed by atoms with Crippen LogP contribution in [0.5, 0.6) is 0 Å². The van der Waals surface area contributed by atoms with Crippen LogP contribution in [0.15, 0.2) is 41.7 Å². The molecule has 1 aromatic rings. The Bertz CT molecular complexity index is 725. The molecule has 0 bridgehead atoms. The van der Waals surface area contributed by atoms with Crippen LogP contribution in [0.3, 0.4) is 0 Å². The maximum atomic E-state index is 13.7. The molecular formula is C17H15ClF2O3. The lowest BCUT2D eigenvalue weighted by atomic mass is 9.79. The minimum Gasteiger partial charge on any atom is -0.422 e. The van der Waals surface area contributed by atoms with Crippen LogP contribution >= 0.6 is 11.6 Å². The molecule has 0 N–H and O–H groups in total. The largest absolute Gasteiger partial charge is 0.422 e. The highest BCUT2D eigenvalue weighted by atomic mass is 35.5. The monoisotopic (exact) mass is 340 g/mol. The van der Waals surface area contributed by atoms with Crippen molar-refractivity contribution in [1.29, 1.82) is 0 Å². The summed E-state index contributed by atoms with van der Waals surface area (Å²) in [6, 6.07) is 2.47. The Morgan fingerprint density at radius 2 is 2.04 bits per heavy atom. The molecule has 23 heavy (non-hydrogen) atoms. The van der Waals surface area contributed by atoms with Crippen molar-refractivity contribution in [2.75, 3.05) is 0 Å². The van der Waals surface area contributed by atoms with Crippen molar-refractivity contribution in [2.24, 2.45) is 5.41 Å². The summed E-state index contributed by atoms with van der Waals surface area (Å²) in [4.78, 5) is 23.6. The van der Waals surface area contributed by atoms with Crippen molar-refractivity contribution in [3.8, 4) is 0 Å². The second-order valence-electron chi connectivity index (χ2n) is 5.63. The van der Waals surface area contributed by atoms with Crippen molar-refractivity contribution >= 4 is 22.8 Å². The maximum Gasteiger partial charge on any atom is 0.346 e. The second-order valence-corrected chi connectivity index (χ2v) is 5.97. The first kappa shape index (κ1) is 17.3. The number of esters is 1. The molecular weight excluding hydrogens is 326 g/mol. The van der Waals surface area contributed by atoms with Gasteiger partial charge in [0, 0.05) is 0 Å². The molecule has 0 aromatic heterocycles. The summed E-state index contributed by atoms with van der Waals surface area (Å²) in [5, 5.41) is -0.776. The van der Waals surface area contributed by atoms with Gasteiger partial charge in [0.15, 0.2) is 0 Å². The molecule has 3 nitrogen and oxygen atoms in total. The molecule has 1 aliphatic rings. The van der Waals surface area contributed by atoms with Crippen molar-refractivity contribution in [1.82, 2.24) is 0 Å². The van der Waals surface area contributed by atoms with Crippen LogP contribution in [0, 0.1) is 17.0 Å². The van der Waals surface area contributed by atoms with Gasteiger partial charge in [-0.05, 0) is 54.1 Å². The highest BCUT2D eigenvalue weighted by molar-refractivity contribution is 6.68. The van der Waals surface area contributed by atoms with Gasteiger partial charge in [0.25, 0.3) is 5.24 Å². The highest BCUT2D eigenvalue weighted by Gasteiger charge is 2.30. The Morgan fingerprint density at radius 1 is 1.35 bits per heavy atom. The van der Waals surface area contributed by atoms with Crippen LogP contribution in [-0.4, -0.2) is 11.2 Å². The molecule has 2 rings (SSSR count). The van der Waals surface area contributed by atoms with Crippen LogP contribution in [0.2, 0.25) is 0 Å². The average molecular weight is 341 g/mol. The van der Waals surface area contributed by atoms with E-state index in [0.717, 1.165) is 24.6 Å². The molecule has 1 unspecified atom stereocenters. The first-order valence-corrected chi connectivity index (χ1v) is 7.44. The number of hydrogen-bond donors (Lipinski definition) is 0. The van der Waals surface area contributed by atoms with Gasteiger partial charge >= 0.3 is 5.97 Å². The average Bonchev–Trinajstić information content (AvgIpc) is 2.49. The predicted molar refractivity (Wildman–Crippen MR) is 81.8 cm³/mol. The van der Waals surface area contributed by atoms with Gasteiger partial charge in [-0.2, -0.15) is 0 Å². The summed E-state index contributed by atoms with van der Waals surface area (Å²) in [7, 11) is 0. The van der Waals surface area contributed by atoms with Crippen LogP contribution < -0.4 is 0 Å². The van der Waals surface area contributed by atoms with E-state index in [1.54, 1.807) is 12.2 Å². The Morgan fingerprint density at radius 3 is 2.65 bits per heavy atom. The molecule has 6 heteroatoms. The molecule has 0 radical (unpaired) electrons. The van der Waals surface area contributed by atoms with E-state index in [2.05, 4.69) is 0 Å². The van der Waals surface area contributed by atoms with Gasteiger partial charge in [-0.1, -0.05) is 19.9 Å². The Hall–Kier alpha value is -2.01. The number of halogens is 3. The lowest BCUT2D eigenvalue weighted by Gasteiger charge is -2.28. The zero-order chi connectivity index (χ0) is 17.2. The number of hydrogen-bond acceptors (Lipinski definition) is 3. The third-order valence-electron chi connectivity index (χ3n) is 3.89. The van der Waals surface area contributed by atoms with E-state index < -0.39 is 28.4 Å². The molecule has 0 saturated heterocycles. The topological polar surface area (TPSA) is 43.4 Å². The third kappa shape index (κ3) is 3.85. The zero-order valence-electron chi connectivity index (χ0n) is 12.7. The quantitative estimate of drug-likeness (QED) is 0.598. The van der Waals surface area contributed by atoms with Crippen LogP contribution in [0.1, 0.15) is 37.0 Å². The minimum absolute atomic E-state index is 0.0331. The molecule has 0 fully saturated rings. The molecule has 0 amide bonds. The predicted octanol–water partition coefficient (Wildman–Crippen LogP) is 4.52. The van der Waals surface area contributed by atoms with Crippen molar-refractivity contribution in [2.45, 2.75) is 26.7 Å². The SMILES string of the molecule is CCC1(C)C=C(OC(=O)c2cc(F)ccc2F)C(C(=O)Cl)=CC1. The van der Waals surface area contributed by atoms with Gasteiger partial charge in [0.1, 0.15) is 17.4 Å². The van der Waals surface area contributed by atoms with E-state index in [4.69, 9.17) is 16.3 Å². The number of benzene rings is 1. The molecule has 1 aliphatic carbocycles. The Balaban J connectivity index is 2.34. The minimum atomic E-state index is -1.09. The van der Waals surface area contributed by atoms with Gasteiger partial charge < -0.3 is 4.74 Å². The van der Waals surface area contributed by atoms with E-state index in [-0.39, 0.29) is 16.7 Å². The Labute approximate surface area is 137 Å². The van der Waals surface area contributed by atoms with Crippen molar-refractivity contribution in [3.63, 3.8) is 0 Å². The molecule has 122 valence electrons. The van der Waals surface area contributed by atoms with E-state index in [1.807, 2.05) is 13.8 Å². The van der Waals surface area contributed by atoms with Crippen LogP contribution in [0.4, 0.5) is 8.78 Å². The van der Waals surface area contributed by atoms with Gasteiger partial charge in [0.2, 0.25) is 0 Å². The molecule has 0 aliphatic heterocycles. The third-order valence-corrected chi connectivity index (χ3v) is 4.09. The normalized spacial score (nSPS) is 20.6. The van der Waals surface area contributed by atoms with Crippen molar-refractivity contribution in [3.05, 3.63) is 58.9 Å². The smallest absolute Gasteiger partial charge is 0.346 e. The first-order valence-electron chi connectivity index (χ1n) is 7.06. The molecule has 0 saturated carbocycles. The van der Waals surface area contributed by atoms with Crippen LogP contribution in [0.25, 0.3) is 0 Å². The highest BCUT2D eigenvalue weighted by Crippen LogP contribution is 2.37. The summed E-state index contributed by atoms with van der Waals surface area (Å²) < 4.78 is 32.0. The fourth-order valence-corrected chi connectivity index (χ4v) is 2.38. The summed E-state index contributed by atoms with van der Waals surface area (Å²) >= 11 is 5.50. The maximum absolute atomic E-state index is 13.7.